The van der Waals surface area contributed by atoms with Crippen molar-refractivity contribution in [3.63, 3.8) is 0 Å². The molecule has 3 aromatic rings. The number of rotatable bonds is 6. The average Bonchev–Trinajstić information content (AvgIpc) is 3.09. The van der Waals surface area contributed by atoms with Gasteiger partial charge in [-0.1, -0.05) is 6.08 Å². The molecule has 0 amide bonds. The molecule has 0 atom stereocenters. The highest BCUT2D eigenvalue weighted by Crippen LogP contribution is 2.26. The van der Waals surface area contributed by atoms with E-state index >= 15 is 0 Å². The zero-order valence-corrected chi connectivity index (χ0v) is 15.5. The van der Waals surface area contributed by atoms with E-state index in [4.69, 9.17) is 4.74 Å². The Labute approximate surface area is 160 Å². The molecule has 7 heteroatoms. The molecule has 0 aliphatic heterocycles. The fourth-order valence-electron chi connectivity index (χ4n) is 2.38. The van der Waals surface area contributed by atoms with Crippen LogP contribution >= 0.6 is 11.3 Å². The van der Waals surface area contributed by atoms with E-state index in [0.717, 1.165) is 16.8 Å². The molecule has 0 saturated carbocycles. The number of ether oxygens (including phenoxy) is 1. The van der Waals surface area contributed by atoms with E-state index in [-0.39, 0.29) is 11.6 Å². The number of hydrogen-bond donors (Lipinski definition) is 1. The lowest BCUT2D eigenvalue weighted by Crippen LogP contribution is -2.12. The normalized spacial score (nSPS) is 11.9. The number of benzene rings is 2. The van der Waals surface area contributed by atoms with E-state index in [1.807, 2.05) is 5.38 Å². The van der Waals surface area contributed by atoms with Crippen LogP contribution in [0.5, 0.6) is 11.5 Å². The molecule has 1 heterocycles. The van der Waals surface area contributed by atoms with E-state index in [1.54, 1.807) is 47.3 Å². The molecule has 0 saturated heterocycles. The first kappa shape index (κ1) is 18.6. The van der Waals surface area contributed by atoms with Crippen LogP contribution in [0.1, 0.15) is 5.56 Å². The maximum Gasteiger partial charge on any atom is 0.206 e. The summed E-state index contributed by atoms with van der Waals surface area (Å²) in [6.45, 7) is 4.15. The van der Waals surface area contributed by atoms with Crippen molar-refractivity contribution in [3.8, 4) is 22.8 Å². The Hall–Kier alpha value is -3.19. The van der Waals surface area contributed by atoms with Gasteiger partial charge in [0.15, 0.2) is 11.5 Å². The molecule has 2 aromatic carbocycles. The van der Waals surface area contributed by atoms with Gasteiger partial charge in [-0.25, -0.2) is 9.07 Å². The van der Waals surface area contributed by atoms with Crippen LogP contribution in [0.15, 0.2) is 70.6 Å². The monoisotopic (exact) mass is 383 g/mol. The highest BCUT2D eigenvalue weighted by molar-refractivity contribution is 7.07. The van der Waals surface area contributed by atoms with Crippen molar-refractivity contribution in [2.75, 3.05) is 13.7 Å². The Morgan fingerprint density at radius 3 is 2.74 bits per heavy atom. The van der Waals surface area contributed by atoms with Crippen LogP contribution in [0.25, 0.3) is 11.3 Å². The summed E-state index contributed by atoms with van der Waals surface area (Å²) < 4.78 is 20.1. The summed E-state index contributed by atoms with van der Waals surface area (Å²) in [6.07, 6.45) is 3.35. The molecule has 1 aromatic heterocycles. The predicted octanol–water partition coefficient (Wildman–Crippen LogP) is 4.04. The van der Waals surface area contributed by atoms with Gasteiger partial charge in [-0.15, -0.1) is 17.9 Å². The van der Waals surface area contributed by atoms with E-state index in [9.17, 15) is 9.50 Å². The molecule has 0 bridgehead atoms. The lowest BCUT2D eigenvalue weighted by Gasteiger charge is -2.05. The van der Waals surface area contributed by atoms with Crippen LogP contribution < -0.4 is 9.54 Å². The summed E-state index contributed by atoms with van der Waals surface area (Å²) in [5.41, 5.74) is 2.38. The summed E-state index contributed by atoms with van der Waals surface area (Å²) in [5.74, 6) is 0.132. The standard InChI is InChI=1S/C20H18FN3O2S/c1-3-10-22-20-24(17(13-27-20)15-5-7-16(21)8-6-15)23-12-14-4-9-18(25)19(11-14)26-2/h3-9,11-13,25H,1,10H2,2H3. The van der Waals surface area contributed by atoms with Gasteiger partial charge in [0.1, 0.15) is 5.82 Å². The first-order valence-electron chi connectivity index (χ1n) is 8.11. The topological polar surface area (TPSA) is 59.1 Å². The lowest BCUT2D eigenvalue weighted by molar-refractivity contribution is 0.373. The van der Waals surface area contributed by atoms with Gasteiger partial charge in [0.2, 0.25) is 4.80 Å². The molecule has 27 heavy (non-hydrogen) atoms. The van der Waals surface area contributed by atoms with Gasteiger partial charge in [0.25, 0.3) is 0 Å². The molecule has 0 radical (unpaired) electrons. The summed E-state index contributed by atoms with van der Waals surface area (Å²) in [4.78, 5) is 5.15. The van der Waals surface area contributed by atoms with Crippen LogP contribution in [0.3, 0.4) is 0 Å². The zero-order chi connectivity index (χ0) is 19.2. The number of thiazole rings is 1. The second kappa shape index (κ2) is 8.46. The molecule has 0 aliphatic carbocycles. The molecule has 0 unspecified atom stereocenters. The van der Waals surface area contributed by atoms with Crippen molar-refractivity contribution < 1.29 is 14.2 Å². The Bertz CT molecular complexity index is 1040. The number of nitrogens with zero attached hydrogens (tertiary/aromatic N) is 3. The summed E-state index contributed by atoms with van der Waals surface area (Å²) >= 11 is 1.44. The van der Waals surface area contributed by atoms with Crippen LogP contribution in [0, 0.1) is 5.82 Å². The number of phenols is 1. The van der Waals surface area contributed by atoms with E-state index in [0.29, 0.717) is 17.1 Å². The molecule has 0 fully saturated rings. The number of aromatic nitrogens is 1. The van der Waals surface area contributed by atoms with Crippen LogP contribution in [0.4, 0.5) is 4.39 Å². The second-order valence-corrected chi connectivity index (χ2v) is 6.36. The van der Waals surface area contributed by atoms with Gasteiger partial charge in [-0.2, -0.15) is 5.10 Å². The number of halogens is 1. The summed E-state index contributed by atoms with van der Waals surface area (Å²) in [6, 6.07) is 11.2. The van der Waals surface area contributed by atoms with Gasteiger partial charge in [0.05, 0.1) is 25.6 Å². The van der Waals surface area contributed by atoms with Crippen LogP contribution in [0.2, 0.25) is 0 Å². The number of hydrogen-bond acceptors (Lipinski definition) is 5. The highest BCUT2D eigenvalue weighted by Gasteiger charge is 2.08. The molecule has 0 spiro atoms. The minimum atomic E-state index is -0.295. The Balaban J connectivity index is 2.05. The van der Waals surface area contributed by atoms with E-state index in [2.05, 4.69) is 16.7 Å². The molecular formula is C20H18FN3O2S. The van der Waals surface area contributed by atoms with Gasteiger partial charge in [0, 0.05) is 10.9 Å². The third-order valence-corrected chi connectivity index (χ3v) is 4.56. The minimum absolute atomic E-state index is 0.0616. The van der Waals surface area contributed by atoms with Crippen molar-refractivity contribution in [1.29, 1.82) is 0 Å². The van der Waals surface area contributed by atoms with Crippen molar-refractivity contribution >= 4 is 17.6 Å². The molecule has 0 aliphatic rings. The van der Waals surface area contributed by atoms with Crippen molar-refractivity contribution in [3.05, 3.63) is 76.7 Å². The minimum Gasteiger partial charge on any atom is -0.504 e. The van der Waals surface area contributed by atoms with Gasteiger partial charge in [-0.3, -0.25) is 4.99 Å². The number of phenolic OH excluding ortho intramolecular Hbond substituents is 1. The average molecular weight is 383 g/mol. The van der Waals surface area contributed by atoms with Crippen molar-refractivity contribution in [2.45, 2.75) is 0 Å². The summed E-state index contributed by atoms with van der Waals surface area (Å²) in [5, 5.41) is 16.2. The third-order valence-electron chi connectivity index (χ3n) is 3.71. The highest BCUT2D eigenvalue weighted by atomic mass is 32.1. The smallest absolute Gasteiger partial charge is 0.206 e. The van der Waals surface area contributed by atoms with Gasteiger partial charge in [-0.05, 0) is 48.0 Å². The molecule has 5 nitrogen and oxygen atoms in total. The molecular weight excluding hydrogens is 365 g/mol. The Morgan fingerprint density at radius 2 is 2.04 bits per heavy atom. The third kappa shape index (κ3) is 4.32. The Kier molecular flexibility index (Phi) is 5.83. The maximum atomic E-state index is 13.3. The largest absolute Gasteiger partial charge is 0.504 e. The predicted molar refractivity (Wildman–Crippen MR) is 106 cm³/mol. The fourth-order valence-corrected chi connectivity index (χ4v) is 3.23. The number of methoxy groups -OCH3 is 1. The van der Waals surface area contributed by atoms with Gasteiger partial charge < -0.3 is 9.84 Å². The first-order chi connectivity index (χ1) is 13.1. The lowest BCUT2D eigenvalue weighted by atomic mass is 10.2. The Morgan fingerprint density at radius 1 is 1.26 bits per heavy atom. The summed E-state index contributed by atoms with van der Waals surface area (Å²) in [7, 11) is 1.49. The van der Waals surface area contributed by atoms with Crippen molar-refractivity contribution in [1.82, 2.24) is 4.68 Å². The molecule has 138 valence electrons. The molecule has 1 N–H and O–H groups in total. The first-order valence-corrected chi connectivity index (χ1v) is 8.99. The zero-order valence-electron chi connectivity index (χ0n) is 14.7. The van der Waals surface area contributed by atoms with Gasteiger partial charge >= 0.3 is 0 Å². The van der Waals surface area contributed by atoms with Crippen LogP contribution in [-0.2, 0) is 0 Å². The number of aromatic hydroxyl groups is 1. The van der Waals surface area contributed by atoms with E-state index in [1.165, 1.54) is 30.6 Å². The second-order valence-electron chi connectivity index (χ2n) is 5.53. The maximum absolute atomic E-state index is 13.3. The SMILES string of the molecule is C=CCN=c1scc(-c2ccc(F)cc2)n1N=Cc1ccc(O)c(OC)c1. The van der Waals surface area contributed by atoms with E-state index < -0.39 is 0 Å². The van der Waals surface area contributed by atoms with Crippen LogP contribution in [-0.4, -0.2) is 29.7 Å². The fraction of sp³-hybridized carbons (Fsp3) is 0.100. The van der Waals surface area contributed by atoms with Crippen molar-refractivity contribution in [2.24, 2.45) is 10.1 Å². The molecule has 3 rings (SSSR count). The quantitative estimate of drug-likeness (QED) is 0.516.